The fourth-order valence-corrected chi connectivity index (χ4v) is 4.15. The molecule has 0 aromatic rings. The summed E-state index contributed by atoms with van der Waals surface area (Å²) in [6, 6.07) is 0.894. The topological polar surface area (TPSA) is 15.3 Å². The van der Waals surface area contributed by atoms with E-state index in [9.17, 15) is 0 Å². The number of nitrogens with one attached hydrogen (secondary N) is 1. The second-order valence-corrected chi connectivity index (χ2v) is 7.09. The molecule has 1 heterocycles. The van der Waals surface area contributed by atoms with Gasteiger partial charge in [-0.05, 0) is 38.5 Å². The van der Waals surface area contributed by atoms with Crippen molar-refractivity contribution in [3.05, 3.63) is 0 Å². The Morgan fingerprint density at radius 3 is 2.28 bits per heavy atom. The lowest BCUT2D eigenvalue weighted by Crippen LogP contribution is -2.62. The van der Waals surface area contributed by atoms with Crippen LogP contribution >= 0.6 is 0 Å². The van der Waals surface area contributed by atoms with Gasteiger partial charge in [0.05, 0.1) is 0 Å². The highest BCUT2D eigenvalue weighted by Crippen LogP contribution is 2.41. The molecular formula is C16H30N2. The van der Waals surface area contributed by atoms with Crippen LogP contribution in [0.3, 0.4) is 0 Å². The summed E-state index contributed by atoms with van der Waals surface area (Å²) in [5.74, 6) is 0.967. The van der Waals surface area contributed by atoms with Gasteiger partial charge in [-0.15, -0.1) is 0 Å². The zero-order valence-corrected chi connectivity index (χ0v) is 12.1. The lowest BCUT2D eigenvalue weighted by molar-refractivity contribution is 0.0757. The Bertz CT molecular complexity index is 266. The fourth-order valence-electron chi connectivity index (χ4n) is 4.15. The molecule has 0 spiro atoms. The summed E-state index contributed by atoms with van der Waals surface area (Å²) < 4.78 is 0. The number of hydrogen-bond donors (Lipinski definition) is 1. The van der Waals surface area contributed by atoms with Crippen molar-refractivity contribution in [1.82, 2.24) is 10.2 Å². The molecule has 0 aromatic carbocycles. The monoisotopic (exact) mass is 250 g/mol. The zero-order valence-electron chi connectivity index (χ0n) is 12.1. The standard InChI is InChI=1S/C16H30N2/c1-16(14-9-10-14)13-18(12-11-17-16)15-7-5-3-2-4-6-8-15/h14-15,17H,2-13H2,1H3. The molecule has 1 atom stereocenters. The van der Waals surface area contributed by atoms with Crippen molar-refractivity contribution in [2.75, 3.05) is 19.6 Å². The minimum atomic E-state index is 0.431. The minimum absolute atomic E-state index is 0.431. The molecule has 0 radical (unpaired) electrons. The van der Waals surface area contributed by atoms with Crippen molar-refractivity contribution in [3.63, 3.8) is 0 Å². The highest BCUT2D eigenvalue weighted by molar-refractivity contribution is 5.02. The third kappa shape index (κ3) is 2.91. The Hall–Kier alpha value is -0.0800. The van der Waals surface area contributed by atoms with Gasteiger partial charge in [-0.1, -0.05) is 32.1 Å². The van der Waals surface area contributed by atoms with Crippen LogP contribution in [0.25, 0.3) is 0 Å². The summed E-state index contributed by atoms with van der Waals surface area (Å²) in [6.07, 6.45) is 13.2. The maximum absolute atomic E-state index is 3.81. The van der Waals surface area contributed by atoms with Gasteiger partial charge in [0.15, 0.2) is 0 Å². The zero-order chi connectivity index (χ0) is 12.4. The average molecular weight is 250 g/mol. The van der Waals surface area contributed by atoms with Crippen LogP contribution < -0.4 is 5.32 Å². The normalized spacial score (nSPS) is 37.2. The van der Waals surface area contributed by atoms with E-state index in [0.29, 0.717) is 5.54 Å². The van der Waals surface area contributed by atoms with Crippen LogP contribution in [0, 0.1) is 5.92 Å². The van der Waals surface area contributed by atoms with Crippen LogP contribution in [0.4, 0.5) is 0 Å². The first-order valence-corrected chi connectivity index (χ1v) is 8.27. The van der Waals surface area contributed by atoms with E-state index in [0.717, 1.165) is 12.0 Å². The van der Waals surface area contributed by atoms with E-state index in [-0.39, 0.29) is 0 Å². The third-order valence-corrected chi connectivity index (χ3v) is 5.53. The molecule has 3 aliphatic rings. The highest BCUT2D eigenvalue weighted by Gasteiger charge is 2.44. The van der Waals surface area contributed by atoms with Gasteiger partial charge in [0.25, 0.3) is 0 Å². The molecule has 1 unspecified atom stereocenters. The molecule has 2 nitrogen and oxygen atoms in total. The predicted molar refractivity (Wildman–Crippen MR) is 76.8 cm³/mol. The number of piperazine rings is 1. The van der Waals surface area contributed by atoms with Crippen molar-refractivity contribution in [1.29, 1.82) is 0 Å². The molecular weight excluding hydrogens is 220 g/mol. The van der Waals surface area contributed by atoms with Crippen molar-refractivity contribution in [2.45, 2.75) is 76.3 Å². The van der Waals surface area contributed by atoms with Gasteiger partial charge in [0.2, 0.25) is 0 Å². The quantitative estimate of drug-likeness (QED) is 0.810. The largest absolute Gasteiger partial charge is 0.309 e. The Balaban J connectivity index is 1.59. The number of hydrogen-bond acceptors (Lipinski definition) is 2. The maximum atomic E-state index is 3.81. The second kappa shape index (κ2) is 5.50. The van der Waals surface area contributed by atoms with E-state index in [1.54, 1.807) is 0 Å². The van der Waals surface area contributed by atoms with Gasteiger partial charge < -0.3 is 5.32 Å². The Kier molecular flexibility index (Phi) is 3.95. The van der Waals surface area contributed by atoms with Gasteiger partial charge in [-0.25, -0.2) is 0 Å². The van der Waals surface area contributed by atoms with Crippen molar-refractivity contribution >= 4 is 0 Å². The van der Waals surface area contributed by atoms with Gasteiger partial charge in [-0.2, -0.15) is 0 Å². The smallest absolute Gasteiger partial charge is 0.0309 e. The minimum Gasteiger partial charge on any atom is -0.309 e. The van der Waals surface area contributed by atoms with Crippen LogP contribution in [0.1, 0.15) is 64.7 Å². The average Bonchev–Trinajstić information content (AvgIpc) is 3.12. The van der Waals surface area contributed by atoms with Crippen molar-refractivity contribution < 1.29 is 0 Å². The molecule has 2 heteroatoms. The molecule has 104 valence electrons. The van der Waals surface area contributed by atoms with Crippen LogP contribution in [0.5, 0.6) is 0 Å². The molecule has 0 aromatic heterocycles. The predicted octanol–water partition coefficient (Wildman–Crippen LogP) is 3.17. The first kappa shape index (κ1) is 12.9. The molecule has 0 bridgehead atoms. The molecule has 1 aliphatic heterocycles. The van der Waals surface area contributed by atoms with Gasteiger partial charge in [0, 0.05) is 31.2 Å². The molecule has 0 amide bonds. The van der Waals surface area contributed by atoms with Gasteiger partial charge >= 0.3 is 0 Å². The van der Waals surface area contributed by atoms with Crippen LogP contribution in [-0.4, -0.2) is 36.1 Å². The lowest BCUT2D eigenvalue weighted by atomic mass is 9.89. The Morgan fingerprint density at radius 2 is 1.61 bits per heavy atom. The van der Waals surface area contributed by atoms with Crippen LogP contribution in [0.2, 0.25) is 0 Å². The molecule has 1 saturated heterocycles. The molecule has 2 saturated carbocycles. The third-order valence-electron chi connectivity index (χ3n) is 5.53. The molecule has 2 aliphatic carbocycles. The number of rotatable bonds is 2. The fraction of sp³-hybridized carbons (Fsp3) is 1.00. The summed E-state index contributed by atoms with van der Waals surface area (Å²) in [6.45, 7) is 6.28. The highest BCUT2D eigenvalue weighted by atomic mass is 15.2. The summed E-state index contributed by atoms with van der Waals surface area (Å²) in [5.41, 5.74) is 0.431. The Labute approximate surface area is 113 Å². The van der Waals surface area contributed by atoms with E-state index in [4.69, 9.17) is 0 Å². The van der Waals surface area contributed by atoms with Crippen molar-refractivity contribution in [2.24, 2.45) is 5.92 Å². The summed E-state index contributed by atoms with van der Waals surface area (Å²) >= 11 is 0. The first-order chi connectivity index (χ1) is 8.78. The van der Waals surface area contributed by atoms with Crippen LogP contribution in [0.15, 0.2) is 0 Å². The molecule has 1 N–H and O–H groups in total. The SMILES string of the molecule is CC1(C2CC2)CN(C2CCCCCCC2)CCN1. The van der Waals surface area contributed by atoms with Crippen LogP contribution in [-0.2, 0) is 0 Å². The summed E-state index contributed by atoms with van der Waals surface area (Å²) in [7, 11) is 0. The van der Waals surface area contributed by atoms with Gasteiger partial charge in [-0.3, -0.25) is 4.90 Å². The van der Waals surface area contributed by atoms with Crippen molar-refractivity contribution in [3.8, 4) is 0 Å². The van der Waals surface area contributed by atoms with E-state index >= 15 is 0 Å². The van der Waals surface area contributed by atoms with Gasteiger partial charge in [0.1, 0.15) is 0 Å². The summed E-state index contributed by atoms with van der Waals surface area (Å²) in [4.78, 5) is 2.83. The maximum Gasteiger partial charge on any atom is 0.0309 e. The second-order valence-electron chi connectivity index (χ2n) is 7.09. The Morgan fingerprint density at radius 1 is 0.944 bits per heavy atom. The summed E-state index contributed by atoms with van der Waals surface area (Å²) in [5, 5.41) is 3.81. The van der Waals surface area contributed by atoms with E-state index in [1.165, 1.54) is 77.4 Å². The molecule has 18 heavy (non-hydrogen) atoms. The number of nitrogens with zero attached hydrogens (tertiary/aromatic N) is 1. The lowest BCUT2D eigenvalue weighted by Gasteiger charge is -2.45. The van der Waals surface area contributed by atoms with E-state index < -0.39 is 0 Å². The van der Waals surface area contributed by atoms with E-state index in [1.807, 2.05) is 0 Å². The molecule has 3 rings (SSSR count). The molecule has 3 fully saturated rings. The van der Waals surface area contributed by atoms with E-state index in [2.05, 4.69) is 17.1 Å². The first-order valence-electron chi connectivity index (χ1n) is 8.27.